The van der Waals surface area contributed by atoms with Crippen molar-refractivity contribution < 1.29 is 4.79 Å². The lowest BCUT2D eigenvalue weighted by Crippen LogP contribution is -2.49. The Bertz CT molecular complexity index is 915. The Morgan fingerprint density at radius 2 is 1.65 bits per heavy atom. The molecular weight excluding hydrogens is 322 g/mol. The minimum absolute atomic E-state index is 0.207. The van der Waals surface area contributed by atoms with E-state index in [0.29, 0.717) is 6.42 Å². The van der Waals surface area contributed by atoms with Crippen molar-refractivity contribution >= 4 is 22.6 Å². The Morgan fingerprint density at radius 3 is 2.42 bits per heavy atom. The van der Waals surface area contributed by atoms with Crippen LogP contribution < -0.4 is 4.90 Å². The maximum absolute atomic E-state index is 12.5. The van der Waals surface area contributed by atoms with Crippen LogP contribution in [0.2, 0.25) is 0 Å². The van der Waals surface area contributed by atoms with Gasteiger partial charge in [0, 0.05) is 31.6 Å². The molecule has 1 saturated heterocycles. The Kier molecular flexibility index (Phi) is 4.57. The molecule has 4 rings (SSSR count). The molecule has 2 heterocycles. The molecule has 0 aliphatic carbocycles. The molecule has 4 heteroatoms. The Balaban J connectivity index is 1.43. The first kappa shape index (κ1) is 16.6. The summed E-state index contributed by atoms with van der Waals surface area (Å²) in [4.78, 5) is 21.6. The average Bonchev–Trinajstić information content (AvgIpc) is 2.69. The molecule has 0 N–H and O–H groups in total. The molecular formula is C22H23N3O. The van der Waals surface area contributed by atoms with Crippen molar-refractivity contribution in [2.45, 2.75) is 13.3 Å². The summed E-state index contributed by atoms with van der Waals surface area (Å²) in [6, 6.07) is 20.4. The van der Waals surface area contributed by atoms with Gasteiger partial charge in [-0.3, -0.25) is 4.79 Å². The number of anilines is 1. The van der Waals surface area contributed by atoms with Crippen molar-refractivity contribution in [2.75, 3.05) is 31.1 Å². The Hall–Kier alpha value is -2.88. The molecule has 1 aliphatic rings. The van der Waals surface area contributed by atoms with Gasteiger partial charge in [-0.2, -0.15) is 0 Å². The summed E-state index contributed by atoms with van der Waals surface area (Å²) < 4.78 is 0. The van der Waals surface area contributed by atoms with Gasteiger partial charge in [-0.1, -0.05) is 48.5 Å². The highest BCUT2D eigenvalue weighted by Gasteiger charge is 2.22. The number of hydrogen-bond acceptors (Lipinski definition) is 3. The first-order valence-corrected chi connectivity index (χ1v) is 9.14. The highest BCUT2D eigenvalue weighted by molar-refractivity contribution is 5.84. The summed E-state index contributed by atoms with van der Waals surface area (Å²) in [6.07, 6.45) is 0.480. The molecule has 0 radical (unpaired) electrons. The van der Waals surface area contributed by atoms with Gasteiger partial charge in [0.1, 0.15) is 5.82 Å². The van der Waals surface area contributed by atoms with Crippen LogP contribution in [0, 0.1) is 6.92 Å². The molecule has 0 saturated carbocycles. The summed E-state index contributed by atoms with van der Waals surface area (Å²) >= 11 is 0. The summed E-state index contributed by atoms with van der Waals surface area (Å²) in [5.74, 6) is 1.22. The number of aryl methyl sites for hydroxylation is 1. The quantitative estimate of drug-likeness (QED) is 0.730. The molecule has 0 atom stereocenters. The number of para-hydroxylation sites is 1. The number of piperazine rings is 1. The van der Waals surface area contributed by atoms with Crippen LogP contribution in [0.5, 0.6) is 0 Å². The highest BCUT2D eigenvalue weighted by Crippen LogP contribution is 2.23. The molecule has 0 unspecified atom stereocenters. The molecule has 1 amide bonds. The fourth-order valence-corrected chi connectivity index (χ4v) is 3.56. The predicted octanol–water partition coefficient (Wildman–Crippen LogP) is 3.43. The van der Waals surface area contributed by atoms with E-state index in [2.05, 4.69) is 30.0 Å². The van der Waals surface area contributed by atoms with Gasteiger partial charge >= 0.3 is 0 Å². The number of pyridine rings is 1. The van der Waals surface area contributed by atoms with Crippen LogP contribution in [0.25, 0.3) is 10.9 Å². The van der Waals surface area contributed by atoms with Crippen molar-refractivity contribution in [1.29, 1.82) is 0 Å². The summed E-state index contributed by atoms with van der Waals surface area (Å²) in [6.45, 7) is 5.28. The van der Waals surface area contributed by atoms with Crippen molar-refractivity contribution in [3.8, 4) is 0 Å². The lowest BCUT2D eigenvalue weighted by Gasteiger charge is -2.35. The second-order valence-electron chi connectivity index (χ2n) is 6.84. The van der Waals surface area contributed by atoms with Crippen LogP contribution >= 0.6 is 0 Å². The van der Waals surface area contributed by atoms with Gasteiger partial charge in [0.2, 0.25) is 5.91 Å². The minimum Gasteiger partial charge on any atom is -0.353 e. The topological polar surface area (TPSA) is 36.4 Å². The van der Waals surface area contributed by atoms with Gasteiger partial charge in [0.05, 0.1) is 11.9 Å². The Labute approximate surface area is 154 Å². The van der Waals surface area contributed by atoms with Crippen LogP contribution in [0.4, 0.5) is 5.82 Å². The number of amides is 1. The molecule has 2 aromatic carbocycles. The third-order valence-electron chi connectivity index (χ3n) is 5.06. The van der Waals surface area contributed by atoms with Gasteiger partial charge in [-0.25, -0.2) is 4.98 Å². The highest BCUT2D eigenvalue weighted by atomic mass is 16.2. The maximum Gasteiger partial charge on any atom is 0.227 e. The van der Waals surface area contributed by atoms with Gasteiger partial charge in [0.15, 0.2) is 0 Å². The summed E-state index contributed by atoms with van der Waals surface area (Å²) in [7, 11) is 0. The SMILES string of the molecule is Cc1cc(N2CCN(C(=O)Cc3ccccc3)CC2)nc2ccccc12. The monoisotopic (exact) mass is 345 g/mol. The number of nitrogens with zero attached hydrogens (tertiary/aromatic N) is 3. The maximum atomic E-state index is 12.5. The standard InChI is InChI=1S/C22H23N3O/c1-17-15-21(23-20-10-6-5-9-19(17)20)24-11-13-25(14-12-24)22(26)16-18-7-3-2-4-8-18/h2-10,15H,11-14,16H2,1H3. The first-order chi connectivity index (χ1) is 12.7. The van der Waals surface area contributed by atoms with E-state index in [1.807, 2.05) is 47.4 Å². The van der Waals surface area contributed by atoms with E-state index in [0.717, 1.165) is 43.1 Å². The molecule has 1 fully saturated rings. The summed E-state index contributed by atoms with van der Waals surface area (Å²) in [5, 5.41) is 1.20. The number of benzene rings is 2. The average molecular weight is 345 g/mol. The first-order valence-electron chi connectivity index (χ1n) is 9.14. The van der Waals surface area contributed by atoms with E-state index in [-0.39, 0.29) is 5.91 Å². The normalized spacial score (nSPS) is 14.7. The van der Waals surface area contributed by atoms with E-state index >= 15 is 0 Å². The Morgan fingerprint density at radius 1 is 0.962 bits per heavy atom. The lowest BCUT2D eigenvalue weighted by atomic mass is 10.1. The lowest BCUT2D eigenvalue weighted by molar-refractivity contribution is -0.130. The van der Waals surface area contributed by atoms with Gasteiger partial charge < -0.3 is 9.80 Å². The van der Waals surface area contributed by atoms with E-state index in [4.69, 9.17) is 4.98 Å². The zero-order chi connectivity index (χ0) is 17.9. The number of aromatic nitrogens is 1. The van der Waals surface area contributed by atoms with Gasteiger partial charge in [0.25, 0.3) is 0 Å². The van der Waals surface area contributed by atoms with Crippen LogP contribution in [-0.2, 0) is 11.2 Å². The summed E-state index contributed by atoms with van der Waals surface area (Å²) in [5.41, 5.74) is 3.35. The van der Waals surface area contributed by atoms with Gasteiger partial charge in [-0.15, -0.1) is 0 Å². The van der Waals surface area contributed by atoms with E-state index in [9.17, 15) is 4.79 Å². The van der Waals surface area contributed by atoms with Crippen LogP contribution in [0.3, 0.4) is 0 Å². The smallest absolute Gasteiger partial charge is 0.227 e. The number of rotatable bonds is 3. The molecule has 1 aliphatic heterocycles. The zero-order valence-corrected chi connectivity index (χ0v) is 15.1. The van der Waals surface area contributed by atoms with Crippen molar-refractivity contribution in [2.24, 2.45) is 0 Å². The predicted molar refractivity (Wildman–Crippen MR) is 105 cm³/mol. The molecule has 1 aromatic heterocycles. The second kappa shape index (κ2) is 7.16. The fourth-order valence-electron chi connectivity index (χ4n) is 3.56. The van der Waals surface area contributed by atoms with E-state index in [1.54, 1.807) is 0 Å². The fraction of sp³-hybridized carbons (Fsp3) is 0.273. The molecule has 132 valence electrons. The van der Waals surface area contributed by atoms with Crippen LogP contribution in [0.15, 0.2) is 60.7 Å². The molecule has 4 nitrogen and oxygen atoms in total. The zero-order valence-electron chi connectivity index (χ0n) is 15.1. The molecule has 26 heavy (non-hydrogen) atoms. The molecule has 3 aromatic rings. The molecule has 0 spiro atoms. The largest absolute Gasteiger partial charge is 0.353 e. The third-order valence-corrected chi connectivity index (χ3v) is 5.06. The van der Waals surface area contributed by atoms with Crippen LogP contribution in [0.1, 0.15) is 11.1 Å². The van der Waals surface area contributed by atoms with E-state index in [1.165, 1.54) is 10.9 Å². The van der Waals surface area contributed by atoms with E-state index < -0.39 is 0 Å². The number of hydrogen-bond donors (Lipinski definition) is 0. The van der Waals surface area contributed by atoms with Gasteiger partial charge in [-0.05, 0) is 30.2 Å². The number of carbonyl (C=O) groups excluding carboxylic acids is 1. The molecule has 0 bridgehead atoms. The minimum atomic E-state index is 0.207. The third kappa shape index (κ3) is 3.40. The van der Waals surface area contributed by atoms with Crippen molar-refractivity contribution in [3.63, 3.8) is 0 Å². The number of carbonyl (C=O) groups is 1. The van der Waals surface area contributed by atoms with Crippen LogP contribution in [-0.4, -0.2) is 42.0 Å². The van der Waals surface area contributed by atoms with Crippen molar-refractivity contribution in [1.82, 2.24) is 9.88 Å². The second-order valence-corrected chi connectivity index (χ2v) is 6.84. The number of fused-ring (bicyclic) bond motifs is 1. The van der Waals surface area contributed by atoms with Crippen molar-refractivity contribution in [3.05, 3.63) is 71.8 Å².